The molecule has 2 aromatic rings. The number of pyridine rings is 1. The first-order valence-electron chi connectivity index (χ1n) is 5.40. The second-order valence-corrected chi connectivity index (χ2v) is 7.29. The average molecular weight is 396 g/mol. The molecule has 1 aromatic heterocycles. The number of nitrogens with one attached hydrogen (secondary N) is 1. The lowest BCUT2D eigenvalue weighted by Crippen LogP contribution is -2.15. The first-order chi connectivity index (χ1) is 9.31. The molecule has 4 nitrogen and oxygen atoms in total. The Balaban J connectivity index is 2.49. The SMILES string of the molecule is Cc1ncc(Br)cc1NS(=O)(=O)c1c(Cl)cccc1Cl. The quantitative estimate of drug-likeness (QED) is 0.844. The molecule has 1 aromatic carbocycles. The maximum atomic E-state index is 12.4. The van der Waals surface area contributed by atoms with Crippen molar-refractivity contribution in [3.8, 4) is 0 Å². The molecular weight excluding hydrogens is 387 g/mol. The van der Waals surface area contributed by atoms with Gasteiger partial charge < -0.3 is 0 Å². The lowest BCUT2D eigenvalue weighted by molar-refractivity contribution is 0.601. The van der Waals surface area contributed by atoms with Crippen LogP contribution in [0.4, 0.5) is 5.69 Å². The number of benzene rings is 1. The van der Waals surface area contributed by atoms with Gasteiger partial charge in [-0.2, -0.15) is 0 Å². The summed E-state index contributed by atoms with van der Waals surface area (Å²) in [6, 6.07) is 6.13. The number of nitrogens with zero attached hydrogens (tertiary/aromatic N) is 1. The summed E-state index contributed by atoms with van der Waals surface area (Å²) in [6.45, 7) is 1.69. The van der Waals surface area contributed by atoms with E-state index in [4.69, 9.17) is 23.2 Å². The van der Waals surface area contributed by atoms with E-state index in [-0.39, 0.29) is 14.9 Å². The normalized spacial score (nSPS) is 11.4. The molecule has 0 saturated carbocycles. The Kier molecular flexibility index (Phi) is 4.59. The fourth-order valence-corrected chi connectivity index (χ4v) is 4.13. The van der Waals surface area contributed by atoms with E-state index in [1.54, 1.807) is 25.3 Å². The zero-order valence-electron chi connectivity index (χ0n) is 10.2. The number of anilines is 1. The Labute approximate surface area is 135 Å². The van der Waals surface area contributed by atoms with Gasteiger partial charge in [-0.05, 0) is 41.1 Å². The molecule has 0 aliphatic rings. The maximum absolute atomic E-state index is 12.4. The second kappa shape index (κ2) is 5.89. The van der Waals surface area contributed by atoms with Gasteiger partial charge in [0.1, 0.15) is 4.90 Å². The van der Waals surface area contributed by atoms with Crippen molar-refractivity contribution in [3.05, 3.63) is 50.7 Å². The van der Waals surface area contributed by atoms with Gasteiger partial charge in [-0.25, -0.2) is 8.42 Å². The molecule has 0 aliphatic heterocycles. The molecule has 106 valence electrons. The topological polar surface area (TPSA) is 59.1 Å². The van der Waals surface area contributed by atoms with E-state index in [1.165, 1.54) is 12.1 Å². The molecular formula is C12H9BrCl2N2O2S. The largest absolute Gasteiger partial charge is 0.278 e. The highest BCUT2D eigenvalue weighted by Gasteiger charge is 2.22. The highest BCUT2D eigenvalue weighted by molar-refractivity contribution is 9.10. The van der Waals surface area contributed by atoms with Gasteiger partial charge in [0.15, 0.2) is 0 Å². The van der Waals surface area contributed by atoms with Crippen LogP contribution >= 0.6 is 39.1 Å². The van der Waals surface area contributed by atoms with E-state index in [1.807, 2.05) is 0 Å². The van der Waals surface area contributed by atoms with Crippen LogP contribution in [0.2, 0.25) is 10.0 Å². The average Bonchev–Trinajstić information content (AvgIpc) is 2.33. The fraction of sp³-hybridized carbons (Fsp3) is 0.0833. The summed E-state index contributed by atoms with van der Waals surface area (Å²) in [4.78, 5) is 3.91. The first kappa shape index (κ1) is 15.6. The molecule has 0 spiro atoms. The van der Waals surface area contributed by atoms with Gasteiger partial charge in [0.2, 0.25) is 0 Å². The number of aromatic nitrogens is 1. The van der Waals surface area contributed by atoms with Crippen LogP contribution in [0.25, 0.3) is 0 Å². The summed E-state index contributed by atoms with van der Waals surface area (Å²) < 4.78 is 27.9. The van der Waals surface area contributed by atoms with Crippen molar-refractivity contribution in [3.63, 3.8) is 0 Å². The van der Waals surface area contributed by atoms with Crippen molar-refractivity contribution in [1.82, 2.24) is 4.98 Å². The molecule has 1 heterocycles. The molecule has 1 N–H and O–H groups in total. The first-order valence-corrected chi connectivity index (χ1v) is 8.43. The summed E-state index contributed by atoms with van der Waals surface area (Å²) in [5.41, 5.74) is 0.898. The molecule has 0 bridgehead atoms. The van der Waals surface area contributed by atoms with Crippen molar-refractivity contribution in [2.75, 3.05) is 4.72 Å². The van der Waals surface area contributed by atoms with Crippen molar-refractivity contribution < 1.29 is 8.42 Å². The number of hydrogen-bond acceptors (Lipinski definition) is 3. The molecule has 0 amide bonds. The van der Waals surface area contributed by atoms with Crippen LogP contribution in [-0.2, 0) is 10.0 Å². The standard InChI is InChI=1S/C12H9BrCl2N2O2S/c1-7-11(5-8(13)6-16-7)17-20(18,19)12-9(14)3-2-4-10(12)15/h2-6,17H,1H3. The van der Waals surface area contributed by atoms with E-state index in [9.17, 15) is 8.42 Å². The number of sulfonamides is 1. The van der Waals surface area contributed by atoms with Crippen LogP contribution < -0.4 is 4.72 Å². The number of hydrogen-bond donors (Lipinski definition) is 1. The highest BCUT2D eigenvalue weighted by Crippen LogP contribution is 2.31. The molecule has 20 heavy (non-hydrogen) atoms. The van der Waals surface area contributed by atoms with Crippen LogP contribution in [0.5, 0.6) is 0 Å². The van der Waals surface area contributed by atoms with Crippen molar-refractivity contribution >= 4 is 54.8 Å². The third-order valence-corrected chi connectivity index (χ3v) is 5.24. The maximum Gasteiger partial charge on any atom is 0.264 e. The molecule has 0 aliphatic carbocycles. The van der Waals surface area contributed by atoms with E-state index in [2.05, 4.69) is 25.6 Å². The van der Waals surface area contributed by atoms with Crippen molar-refractivity contribution in [2.24, 2.45) is 0 Å². The molecule has 0 unspecified atom stereocenters. The Bertz CT molecular complexity index is 746. The third-order valence-electron chi connectivity index (χ3n) is 2.49. The van der Waals surface area contributed by atoms with E-state index in [0.29, 0.717) is 15.9 Å². The minimum absolute atomic E-state index is 0.0607. The smallest absolute Gasteiger partial charge is 0.264 e. The summed E-state index contributed by atoms with van der Waals surface area (Å²) in [5.74, 6) is 0. The fourth-order valence-electron chi connectivity index (χ4n) is 1.55. The van der Waals surface area contributed by atoms with Gasteiger partial charge in [0.05, 0.1) is 21.4 Å². The van der Waals surface area contributed by atoms with Gasteiger partial charge in [0.25, 0.3) is 10.0 Å². The van der Waals surface area contributed by atoms with Crippen LogP contribution in [0.1, 0.15) is 5.69 Å². The molecule has 8 heteroatoms. The van der Waals surface area contributed by atoms with Gasteiger partial charge in [-0.3, -0.25) is 9.71 Å². The van der Waals surface area contributed by atoms with Crippen LogP contribution in [-0.4, -0.2) is 13.4 Å². The van der Waals surface area contributed by atoms with Crippen LogP contribution in [0, 0.1) is 6.92 Å². The molecule has 0 radical (unpaired) electrons. The number of aryl methyl sites for hydroxylation is 1. The lowest BCUT2D eigenvalue weighted by Gasteiger charge is -2.12. The predicted molar refractivity (Wildman–Crippen MR) is 83.9 cm³/mol. The Hall–Kier alpha value is -0.820. The van der Waals surface area contributed by atoms with E-state index in [0.717, 1.165) is 0 Å². The zero-order chi connectivity index (χ0) is 14.9. The Morgan fingerprint density at radius 3 is 2.45 bits per heavy atom. The Morgan fingerprint density at radius 2 is 1.85 bits per heavy atom. The summed E-state index contributed by atoms with van der Waals surface area (Å²) in [6.07, 6.45) is 1.58. The monoisotopic (exact) mass is 394 g/mol. The summed E-state index contributed by atoms with van der Waals surface area (Å²) >= 11 is 15.1. The van der Waals surface area contributed by atoms with Gasteiger partial charge in [-0.15, -0.1) is 0 Å². The third kappa shape index (κ3) is 3.25. The molecule has 0 fully saturated rings. The lowest BCUT2D eigenvalue weighted by atomic mass is 10.3. The zero-order valence-corrected chi connectivity index (χ0v) is 14.1. The molecule has 2 rings (SSSR count). The predicted octanol–water partition coefficient (Wildman–Crippen LogP) is 4.26. The Morgan fingerprint density at radius 1 is 1.25 bits per heavy atom. The van der Waals surface area contributed by atoms with Gasteiger partial charge in [0, 0.05) is 10.7 Å². The summed E-state index contributed by atoms with van der Waals surface area (Å²) in [5, 5.41) is 0.121. The minimum atomic E-state index is -3.89. The number of rotatable bonds is 3. The van der Waals surface area contributed by atoms with Crippen LogP contribution in [0.3, 0.4) is 0 Å². The molecule has 0 saturated heterocycles. The van der Waals surface area contributed by atoms with E-state index < -0.39 is 10.0 Å². The highest BCUT2D eigenvalue weighted by atomic mass is 79.9. The number of halogens is 3. The second-order valence-electron chi connectivity index (χ2n) is 3.94. The van der Waals surface area contributed by atoms with Gasteiger partial charge >= 0.3 is 0 Å². The van der Waals surface area contributed by atoms with E-state index >= 15 is 0 Å². The minimum Gasteiger partial charge on any atom is -0.278 e. The summed E-state index contributed by atoms with van der Waals surface area (Å²) in [7, 11) is -3.89. The van der Waals surface area contributed by atoms with Gasteiger partial charge in [-0.1, -0.05) is 29.3 Å². The van der Waals surface area contributed by atoms with Crippen LogP contribution in [0.15, 0.2) is 39.8 Å². The van der Waals surface area contributed by atoms with Crippen molar-refractivity contribution in [1.29, 1.82) is 0 Å². The molecule has 0 atom stereocenters. The van der Waals surface area contributed by atoms with Crippen molar-refractivity contribution in [2.45, 2.75) is 11.8 Å².